The van der Waals surface area contributed by atoms with Crippen molar-refractivity contribution in [3.63, 3.8) is 0 Å². The van der Waals surface area contributed by atoms with Crippen LogP contribution in [0, 0.1) is 5.82 Å². The lowest BCUT2D eigenvalue weighted by molar-refractivity contribution is 0.561. The molecule has 0 fully saturated rings. The van der Waals surface area contributed by atoms with E-state index in [1.54, 1.807) is 12.1 Å². The van der Waals surface area contributed by atoms with E-state index in [0.29, 0.717) is 15.8 Å². The molecule has 0 saturated carbocycles. The molecule has 0 aliphatic rings. The van der Waals surface area contributed by atoms with Crippen LogP contribution in [0.5, 0.6) is 0 Å². The maximum absolute atomic E-state index is 13.3. The molecule has 13 heavy (non-hydrogen) atoms. The summed E-state index contributed by atoms with van der Waals surface area (Å²) < 4.78 is 19.0. The van der Waals surface area contributed by atoms with Crippen molar-refractivity contribution >= 4 is 15.9 Å². The summed E-state index contributed by atoms with van der Waals surface area (Å²) in [5.74, 6) is 0.108. The first kappa shape index (κ1) is 8.44. The van der Waals surface area contributed by atoms with E-state index in [0.717, 1.165) is 0 Å². The Morgan fingerprint density at radius 3 is 2.85 bits per heavy atom. The Morgan fingerprint density at radius 2 is 2.23 bits per heavy atom. The monoisotopic (exact) mass is 241 g/mol. The lowest BCUT2D eigenvalue weighted by Crippen LogP contribution is -1.81. The van der Waals surface area contributed by atoms with Gasteiger partial charge in [0.2, 0.25) is 0 Å². The van der Waals surface area contributed by atoms with E-state index in [4.69, 9.17) is 4.42 Å². The third-order valence-electron chi connectivity index (χ3n) is 1.63. The fraction of sp³-hybridized carbons (Fsp3) is 0. The van der Waals surface area contributed by atoms with Gasteiger partial charge < -0.3 is 4.42 Å². The Bertz CT molecular complexity index is 414. The highest BCUT2D eigenvalue weighted by molar-refractivity contribution is 9.10. The molecule has 0 saturated heterocycles. The van der Waals surface area contributed by atoms with Gasteiger partial charge in [0.1, 0.15) is 5.82 Å². The maximum Gasteiger partial charge on any atom is 0.181 e. The fourth-order valence-electron chi connectivity index (χ4n) is 1.04. The van der Waals surface area contributed by atoms with Gasteiger partial charge >= 0.3 is 0 Å². The minimum absolute atomic E-state index is 0.328. The molecule has 0 amide bonds. The molecule has 1 aromatic heterocycles. The van der Waals surface area contributed by atoms with E-state index in [2.05, 4.69) is 20.9 Å². The molecule has 0 unspecified atom stereocenters. The molecular formula is C9H5BrFNO. The van der Waals surface area contributed by atoms with Crippen LogP contribution in [0.15, 0.2) is 39.7 Å². The minimum atomic E-state index is -0.328. The zero-order chi connectivity index (χ0) is 9.26. The number of oxazole rings is 1. The zero-order valence-electron chi connectivity index (χ0n) is 6.50. The average Bonchev–Trinajstić information content (AvgIpc) is 2.56. The Balaban J connectivity index is 2.53. The minimum Gasteiger partial charge on any atom is -0.443 e. The maximum atomic E-state index is 13.3. The van der Waals surface area contributed by atoms with Gasteiger partial charge in [-0.15, -0.1) is 0 Å². The van der Waals surface area contributed by atoms with Crippen LogP contribution in [0.25, 0.3) is 11.3 Å². The second-order valence-electron chi connectivity index (χ2n) is 2.49. The van der Waals surface area contributed by atoms with Crippen LogP contribution in [-0.4, -0.2) is 4.98 Å². The van der Waals surface area contributed by atoms with Crippen LogP contribution < -0.4 is 0 Å². The standard InChI is InChI=1S/C9H5BrFNO/c10-6-1-2-7(8(11)3-6)9-4-12-5-13-9/h1-5H. The second kappa shape index (κ2) is 3.30. The first-order valence-electron chi connectivity index (χ1n) is 3.61. The van der Waals surface area contributed by atoms with E-state index in [1.165, 1.54) is 18.7 Å². The van der Waals surface area contributed by atoms with Gasteiger partial charge in [0, 0.05) is 4.47 Å². The number of aromatic nitrogens is 1. The highest BCUT2D eigenvalue weighted by Crippen LogP contribution is 2.24. The van der Waals surface area contributed by atoms with Gasteiger partial charge in [-0.25, -0.2) is 9.37 Å². The van der Waals surface area contributed by atoms with Gasteiger partial charge in [0.05, 0.1) is 11.8 Å². The van der Waals surface area contributed by atoms with Gasteiger partial charge in [0.15, 0.2) is 12.2 Å². The average molecular weight is 242 g/mol. The van der Waals surface area contributed by atoms with Crippen molar-refractivity contribution in [2.75, 3.05) is 0 Å². The van der Waals surface area contributed by atoms with Crippen LogP contribution in [0.2, 0.25) is 0 Å². The molecule has 2 aromatic rings. The first-order chi connectivity index (χ1) is 6.27. The van der Waals surface area contributed by atoms with Gasteiger partial charge in [0.25, 0.3) is 0 Å². The van der Waals surface area contributed by atoms with Gasteiger partial charge in [-0.2, -0.15) is 0 Å². The topological polar surface area (TPSA) is 26.0 Å². The molecule has 1 aromatic carbocycles. The van der Waals surface area contributed by atoms with Crippen molar-refractivity contribution in [2.45, 2.75) is 0 Å². The van der Waals surface area contributed by atoms with E-state index in [-0.39, 0.29) is 5.82 Å². The van der Waals surface area contributed by atoms with Crippen molar-refractivity contribution in [1.82, 2.24) is 4.98 Å². The third kappa shape index (κ3) is 1.62. The third-order valence-corrected chi connectivity index (χ3v) is 2.12. The van der Waals surface area contributed by atoms with Crippen molar-refractivity contribution in [2.24, 2.45) is 0 Å². The van der Waals surface area contributed by atoms with Gasteiger partial charge in [-0.05, 0) is 18.2 Å². The first-order valence-corrected chi connectivity index (χ1v) is 4.40. The number of benzene rings is 1. The SMILES string of the molecule is Fc1cc(Br)ccc1-c1cnco1. The van der Waals surface area contributed by atoms with Crippen LogP contribution >= 0.6 is 15.9 Å². The number of nitrogens with zero attached hydrogens (tertiary/aromatic N) is 1. The van der Waals surface area contributed by atoms with Crippen molar-refractivity contribution in [3.05, 3.63) is 41.1 Å². The summed E-state index contributed by atoms with van der Waals surface area (Å²) in [6.45, 7) is 0. The molecule has 2 rings (SSSR count). The number of rotatable bonds is 1. The predicted molar refractivity (Wildman–Crippen MR) is 49.6 cm³/mol. The molecule has 0 bridgehead atoms. The number of hydrogen-bond acceptors (Lipinski definition) is 2. The Hall–Kier alpha value is -1.16. The number of hydrogen-bond donors (Lipinski definition) is 0. The van der Waals surface area contributed by atoms with Crippen LogP contribution in [0.3, 0.4) is 0 Å². The molecular weight excluding hydrogens is 237 g/mol. The normalized spacial score (nSPS) is 10.3. The molecule has 4 heteroatoms. The molecule has 0 atom stereocenters. The Labute approximate surface area is 82.5 Å². The highest BCUT2D eigenvalue weighted by atomic mass is 79.9. The molecule has 0 aliphatic carbocycles. The summed E-state index contributed by atoms with van der Waals surface area (Å²) >= 11 is 3.17. The highest BCUT2D eigenvalue weighted by Gasteiger charge is 2.07. The van der Waals surface area contributed by atoms with Crippen LogP contribution in [-0.2, 0) is 0 Å². The number of halogens is 2. The summed E-state index contributed by atoms with van der Waals surface area (Å²) in [6.07, 6.45) is 2.75. The van der Waals surface area contributed by atoms with Crippen molar-refractivity contribution in [1.29, 1.82) is 0 Å². The van der Waals surface area contributed by atoms with Crippen LogP contribution in [0.1, 0.15) is 0 Å². The molecule has 66 valence electrons. The van der Waals surface area contributed by atoms with Crippen molar-refractivity contribution < 1.29 is 8.81 Å². The van der Waals surface area contributed by atoms with Crippen LogP contribution in [0.4, 0.5) is 4.39 Å². The fourth-order valence-corrected chi connectivity index (χ4v) is 1.37. The molecule has 1 heterocycles. The van der Waals surface area contributed by atoms with E-state index in [9.17, 15) is 4.39 Å². The quantitative estimate of drug-likeness (QED) is 0.767. The second-order valence-corrected chi connectivity index (χ2v) is 3.41. The summed E-state index contributed by atoms with van der Waals surface area (Å²) in [5.41, 5.74) is 0.417. The van der Waals surface area contributed by atoms with Gasteiger partial charge in [-0.3, -0.25) is 0 Å². The Kier molecular flexibility index (Phi) is 2.14. The molecule has 0 spiro atoms. The Morgan fingerprint density at radius 1 is 1.38 bits per heavy atom. The zero-order valence-corrected chi connectivity index (χ0v) is 8.08. The van der Waals surface area contributed by atoms with E-state index >= 15 is 0 Å². The molecule has 0 aliphatic heterocycles. The lowest BCUT2D eigenvalue weighted by atomic mass is 10.2. The largest absolute Gasteiger partial charge is 0.443 e. The summed E-state index contributed by atoms with van der Waals surface area (Å²) in [5, 5.41) is 0. The molecule has 2 nitrogen and oxygen atoms in total. The summed E-state index contributed by atoms with van der Waals surface area (Å²) in [4.78, 5) is 3.72. The van der Waals surface area contributed by atoms with E-state index in [1.807, 2.05) is 0 Å². The molecule has 0 radical (unpaired) electrons. The predicted octanol–water partition coefficient (Wildman–Crippen LogP) is 3.24. The lowest BCUT2D eigenvalue weighted by Gasteiger charge is -1.98. The van der Waals surface area contributed by atoms with E-state index < -0.39 is 0 Å². The summed E-state index contributed by atoms with van der Waals surface area (Å²) in [7, 11) is 0. The van der Waals surface area contributed by atoms with Gasteiger partial charge in [-0.1, -0.05) is 15.9 Å². The molecule has 0 N–H and O–H groups in total. The smallest absolute Gasteiger partial charge is 0.181 e. The van der Waals surface area contributed by atoms with Crippen molar-refractivity contribution in [3.8, 4) is 11.3 Å². The summed E-state index contributed by atoms with van der Waals surface area (Å²) in [6, 6.07) is 4.78.